The second-order valence-electron chi connectivity index (χ2n) is 5.96. The molecule has 7 heteroatoms. The SMILES string of the molecule is CC(C)(C)c1cc(NC(=O)COC(=O)c2cccc(Br)c2)on1. The maximum Gasteiger partial charge on any atom is 0.338 e. The lowest BCUT2D eigenvalue weighted by Gasteiger charge is -2.12. The van der Waals surface area contributed by atoms with E-state index in [0.717, 1.165) is 10.2 Å². The van der Waals surface area contributed by atoms with Gasteiger partial charge < -0.3 is 9.26 Å². The molecule has 0 radical (unpaired) electrons. The van der Waals surface area contributed by atoms with Crippen LogP contribution in [0.3, 0.4) is 0 Å². The lowest BCUT2D eigenvalue weighted by Crippen LogP contribution is -2.20. The van der Waals surface area contributed by atoms with Crippen LogP contribution in [0.25, 0.3) is 0 Å². The van der Waals surface area contributed by atoms with Gasteiger partial charge in [-0.25, -0.2) is 4.79 Å². The van der Waals surface area contributed by atoms with Crippen LogP contribution in [-0.2, 0) is 14.9 Å². The highest BCUT2D eigenvalue weighted by Crippen LogP contribution is 2.23. The van der Waals surface area contributed by atoms with E-state index in [2.05, 4.69) is 26.4 Å². The number of amides is 1. The molecule has 0 bridgehead atoms. The van der Waals surface area contributed by atoms with Crippen LogP contribution in [-0.4, -0.2) is 23.6 Å². The van der Waals surface area contributed by atoms with Crippen LogP contribution in [0.4, 0.5) is 5.88 Å². The van der Waals surface area contributed by atoms with E-state index in [9.17, 15) is 9.59 Å². The summed E-state index contributed by atoms with van der Waals surface area (Å²) >= 11 is 3.27. The van der Waals surface area contributed by atoms with Crippen LogP contribution in [0.5, 0.6) is 0 Å². The van der Waals surface area contributed by atoms with Crippen LogP contribution in [0.2, 0.25) is 0 Å². The van der Waals surface area contributed by atoms with Gasteiger partial charge in [0, 0.05) is 16.0 Å². The van der Waals surface area contributed by atoms with Gasteiger partial charge in [-0.3, -0.25) is 10.1 Å². The van der Waals surface area contributed by atoms with Crippen LogP contribution < -0.4 is 5.32 Å². The average molecular weight is 381 g/mol. The van der Waals surface area contributed by atoms with E-state index >= 15 is 0 Å². The molecule has 1 amide bonds. The average Bonchev–Trinajstić information content (AvgIpc) is 2.93. The summed E-state index contributed by atoms with van der Waals surface area (Å²) in [6.45, 7) is 5.54. The zero-order valence-electron chi connectivity index (χ0n) is 13.1. The van der Waals surface area contributed by atoms with Gasteiger partial charge in [0.05, 0.1) is 11.3 Å². The maximum absolute atomic E-state index is 11.8. The van der Waals surface area contributed by atoms with Gasteiger partial charge in [-0.15, -0.1) is 0 Å². The first-order valence-electron chi connectivity index (χ1n) is 6.95. The molecular weight excluding hydrogens is 364 g/mol. The molecule has 0 fully saturated rings. The maximum atomic E-state index is 11.8. The molecule has 1 aromatic heterocycles. The van der Waals surface area contributed by atoms with E-state index in [4.69, 9.17) is 9.26 Å². The number of carbonyl (C=O) groups is 2. The molecule has 2 rings (SSSR count). The van der Waals surface area contributed by atoms with Crippen molar-refractivity contribution in [3.63, 3.8) is 0 Å². The molecule has 6 nitrogen and oxygen atoms in total. The standard InChI is InChI=1S/C16H17BrN2O4/c1-16(2,3)12-8-14(23-19-12)18-13(20)9-22-15(21)10-5-4-6-11(17)7-10/h4-8H,9H2,1-3H3,(H,18,20). The molecule has 2 aromatic rings. The number of rotatable bonds is 4. The molecule has 0 spiro atoms. The molecule has 23 heavy (non-hydrogen) atoms. The minimum atomic E-state index is -0.575. The summed E-state index contributed by atoms with van der Waals surface area (Å²) in [5.74, 6) is -0.849. The lowest BCUT2D eigenvalue weighted by atomic mass is 9.92. The van der Waals surface area contributed by atoms with E-state index in [-0.39, 0.29) is 11.3 Å². The molecule has 0 saturated carbocycles. The molecule has 122 valence electrons. The number of hydrogen-bond donors (Lipinski definition) is 1. The Bertz CT molecular complexity index is 719. The molecular formula is C16H17BrN2O4. The molecule has 1 heterocycles. The number of anilines is 1. The third-order valence-corrected chi connectivity index (χ3v) is 3.43. The first-order chi connectivity index (χ1) is 10.8. The Morgan fingerprint density at radius 2 is 2.04 bits per heavy atom. The van der Waals surface area contributed by atoms with Crippen molar-refractivity contribution in [1.82, 2.24) is 5.16 Å². The number of halogens is 1. The smallest absolute Gasteiger partial charge is 0.338 e. The Hall–Kier alpha value is -2.15. The fourth-order valence-corrected chi connectivity index (χ4v) is 2.09. The molecule has 1 aromatic carbocycles. The zero-order chi connectivity index (χ0) is 17.0. The van der Waals surface area contributed by atoms with Gasteiger partial charge in [-0.1, -0.05) is 47.9 Å². The van der Waals surface area contributed by atoms with Gasteiger partial charge in [0.1, 0.15) is 0 Å². The predicted molar refractivity (Wildman–Crippen MR) is 88.3 cm³/mol. The summed E-state index contributed by atoms with van der Waals surface area (Å²) in [4.78, 5) is 23.6. The predicted octanol–water partition coefficient (Wildman–Crippen LogP) is 3.53. The largest absolute Gasteiger partial charge is 0.452 e. The Morgan fingerprint density at radius 1 is 1.30 bits per heavy atom. The summed E-state index contributed by atoms with van der Waals surface area (Å²) in [6, 6.07) is 8.38. The topological polar surface area (TPSA) is 81.4 Å². The highest BCUT2D eigenvalue weighted by Gasteiger charge is 2.20. The van der Waals surface area contributed by atoms with Crippen molar-refractivity contribution >= 4 is 33.7 Å². The van der Waals surface area contributed by atoms with Crippen molar-refractivity contribution in [2.75, 3.05) is 11.9 Å². The Morgan fingerprint density at radius 3 is 2.65 bits per heavy atom. The van der Waals surface area contributed by atoms with E-state index < -0.39 is 18.5 Å². The highest BCUT2D eigenvalue weighted by molar-refractivity contribution is 9.10. The van der Waals surface area contributed by atoms with E-state index in [1.54, 1.807) is 30.3 Å². The minimum Gasteiger partial charge on any atom is -0.452 e. The number of carbonyl (C=O) groups excluding carboxylic acids is 2. The van der Waals surface area contributed by atoms with Gasteiger partial charge >= 0.3 is 5.97 Å². The first kappa shape index (κ1) is 17.2. The van der Waals surface area contributed by atoms with Gasteiger partial charge in [-0.05, 0) is 18.2 Å². The third kappa shape index (κ3) is 4.92. The summed E-state index contributed by atoms with van der Waals surface area (Å²) < 4.78 is 10.8. The summed E-state index contributed by atoms with van der Waals surface area (Å²) in [7, 11) is 0. The van der Waals surface area contributed by atoms with Crippen molar-refractivity contribution in [2.45, 2.75) is 26.2 Å². The number of hydrogen-bond acceptors (Lipinski definition) is 5. The van der Waals surface area contributed by atoms with Gasteiger partial charge in [0.2, 0.25) is 5.88 Å². The van der Waals surface area contributed by atoms with Gasteiger partial charge in [0.15, 0.2) is 6.61 Å². The molecule has 0 unspecified atom stereocenters. The molecule has 1 N–H and O–H groups in total. The molecule has 0 aliphatic heterocycles. The lowest BCUT2D eigenvalue weighted by molar-refractivity contribution is -0.119. The van der Waals surface area contributed by atoms with Gasteiger partial charge in [-0.2, -0.15) is 0 Å². The fraction of sp³-hybridized carbons (Fsp3) is 0.312. The van der Waals surface area contributed by atoms with Crippen molar-refractivity contribution in [1.29, 1.82) is 0 Å². The van der Waals surface area contributed by atoms with Crippen molar-refractivity contribution in [3.8, 4) is 0 Å². The van der Waals surface area contributed by atoms with Crippen LogP contribution in [0, 0.1) is 0 Å². The van der Waals surface area contributed by atoms with Gasteiger partial charge in [0.25, 0.3) is 5.91 Å². The highest BCUT2D eigenvalue weighted by atomic mass is 79.9. The van der Waals surface area contributed by atoms with Crippen LogP contribution in [0.1, 0.15) is 36.8 Å². The van der Waals surface area contributed by atoms with E-state index in [0.29, 0.717) is 5.56 Å². The number of esters is 1. The van der Waals surface area contributed by atoms with E-state index in [1.165, 1.54) is 0 Å². The Balaban J connectivity index is 1.88. The number of nitrogens with zero attached hydrogens (tertiary/aromatic N) is 1. The monoisotopic (exact) mass is 380 g/mol. The second kappa shape index (κ2) is 6.95. The Kier molecular flexibility index (Phi) is 5.20. The fourth-order valence-electron chi connectivity index (χ4n) is 1.69. The first-order valence-corrected chi connectivity index (χ1v) is 7.75. The number of ether oxygens (including phenoxy) is 1. The molecule has 0 atom stereocenters. The summed E-state index contributed by atoms with van der Waals surface area (Å²) in [6.07, 6.45) is 0. The summed E-state index contributed by atoms with van der Waals surface area (Å²) in [5, 5.41) is 6.39. The molecule has 0 aliphatic carbocycles. The Labute approximate surface area is 142 Å². The van der Waals surface area contributed by atoms with Crippen LogP contribution >= 0.6 is 15.9 Å². The second-order valence-corrected chi connectivity index (χ2v) is 6.88. The molecule has 0 saturated heterocycles. The normalized spacial score (nSPS) is 11.1. The van der Waals surface area contributed by atoms with Crippen molar-refractivity contribution in [2.24, 2.45) is 0 Å². The van der Waals surface area contributed by atoms with E-state index in [1.807, 2.05) is 20.8 Å². The van der Waals surface area contributed by atoms with Crippen LogP contribution in [0.15, 0.2) is 39.3 Å². The third-order valence-electron chi connectivity index (χ3n) is 2.94. The van der Waals surface area contributed by atoms with Crippen molar-refractivity contribution < 1.29 is 18.8 Å². The number of nitrogens with one attached hydrogen (secondary N) is 1. The quantitative estimate of drug-likeness (QED) is 0.820. The number of benzene rings is 1. The minimum absolute atomic E-state index is 0.181. The summed E-state index contributed by atoms with van der Waals surface area (Å²) in [5.41, 5.74) is 0.903. The number of aromatic nitrogens is 1. The molecule has 0 aliphatic rings. The zero-order valence-corrected chi connectivity index (χ0v) is 14.6. The van der Waals surface area contributed by atoms with Crippen molar-refractivity contribution in [3.05, 3.63) is 46.1 Å².